The van der Waals surface area contributed by atoms with Gasteiger partial charge in [-0.15, -0.1) is 0 Å². The number of unbranched alkanes of at least 4 members (excludes halogenated alkanes) is 2. The Kier molecular flexibility index (Phi) is 6.02. The highest BCUT2D eigenvalue weighted by atomic mass is 16.2. The number of hydrogen-bond acceptors (Lipinski definition) is 3. The van der Waals surface area contributed by atoms with Crippen molar-refractivity contribution in [3.63, 3.8) is 0 Å². The van der Waals surface area contributed by atoms with Crippen molar-refractivity contribution in [3.05, 3.63) is 0 Å². The molecule has 1 unspecified atom stereocenters. The number of amides is 2. The summed E-state index contributed by atoms with van der Waals surface area (Å²) in [6.07, 6.45) is 10.6. The van der Waals surface area contributed by atoms with E-state index in [1.54, 1.807) is 4.90 Å². The number of hydrogen-bond donors (Lipinski definition) is 1. The molecule has 1 atom stereocenters. The quantitative estimate of drug-likeness (QED) is 0.462. The van der Waals surface area contributed by atoms with Gasteiger partial charge in [0.05, 0.1) is 12.5 Å². The Balaban J connectivity index is 1.87. The highest BCUT2D eigenvalue weighted by molar-refractivity contribution is 6.05. The summed E-state index contributed by atoms with van der Waals surface area (Å²) in [5, 5.41) is 3.27. The van der Waals surface area contributed by atoms with E-state index >= 15 is 0 Å². The van der Waals surface area contributed by atoms with Crippen LogP contribution in [0.15, 0.2) is 0 Å². The molecule has 0 radical (unpaired) electrons. The fourth-order valence-corrected chi connectivity index (χ4v) is 3.36. The van der Waals surface area contributed by atoms with Crippen molar-refractivity contribution in [1.29, 1.82) is 0 Å². The van der Waals surface area contributed by atoms with Gasteiger partial charge in [-0.25, -0.2) is 0 Å². The Morgan fingerprint density at radius 1 is 1.10 bits per heavy atom. The standard InChI is InChI=1S/C16H28N2O2/c1-2-3-8-11-17-14-12-15(19)18(16(14)20)13-9-6-4-5-7-10-13/h13-14,17H,2-12H2,1H3. The number of imide groups is 1. The zero-order valence-corrected chi connectivity index (χ0v) is 12.7. The van der Waals surface area contributed by atoms with Crippen molar-refractivity contribution in [2.75, 3.05) is 6.54 Å². The molecular weight excluding hydrogens is 252 g/mol. The molecule has 0 spiro atoms. The Morgan fingerprint density at radius 3 is 2.45 bits per heavy atom. The van der Waals surface area contributed by atoms with Crippen molar-refractivity contribution in [2.24, 2.45) is 0 Å². The van der Waals surface area contributed by atoms with Crippen LogP contribution in [0.2, 0.25) is 0 Å². The van der Waals surface area contributed by atoms with Gasteiger partial charge in [-0.1, -0.05) is 45.4 Å². The van der Waals surface area contributed by atoms with Crippen LogP contribution in [0.1, 0.15) is 71.1 Å². The van der Waals surface area contributed by atoms with E-state index in [0.29, 0.717) is 6.42 Å². The predicted octanol–water partition coefficient (Wildman–Crippen LogP) is 2.62. The van der Waals surface area contributed by atoms with Gasteiger partial charge in [0.25, 0.3) is 0 Å². The lowest BCUT2D eigenvalue weighted by atomic mass is 10.1. The van der Waals surface area contributed by atoms with Crippen LogP contribution in [0.5, 0.6) is 0 Å². The largest absolute Gasteiger partial charge is 0.305 e. The summed E-state index contributed by atoms with van der Waals surface area (Å²) in [4.78, 5) is 26.2. The second kappa shape index (κ2) is 7.77. The van der Waals surface area contributed by atoms with E-state index < -0.39 is 0 Å². The topological polar surface area (TPSA) is 49.4 Å². The molecule has 0 aromatic rings. The van der Waals surface area contributed by atoms with Crippen LogP contribution in [0.4, 0.5) is 0 Å². The summed E-state index contributed by atoms with van der Waals surface area (Å²) in [6.45, 7) is 3.01. The average Bonchev–Trinajstić information content (AvgIpc) is 2.63. The molecule has 1 saturated heterocycles. The molecule has 1 aliphatic heterocycles. The Bertz CT molecular complexity index is 335. The summed E-state index contributed by atoms with van der Waals surface area (Å²) in [5.74, 6) is 0.0632. The molecule has 0 aromatic heterocycles. The van der Waals surface area contributed by atoms with Gasteiger partial charge in [-0.2, -0.15) is 0 Å². The average molecular weight is 280 g/mol. The first-order valence-electron chi connectivity index (χ1n) is 8.33. The molecule has 0 aromatic carbocycles. The normalized spacial score (nSPS) is 25.2. The smallest absolute Gasteiger partial charge is 0.247 e. The lowest BCUT2D eigenvalue weighted by molar-refractivity contribution is -0.141. The van der Waals surface area contributed by atoms with Crippen LogP contribution in [-0.2, 0) is 9.59 Å². The lowest BCUT2D eigenvalue weighted by Gasteiger charge is -2.25. The second-order valence-electron chi connectivity index (χ2n) is 6.17. The highest BCUT2D eigenvalue weighted by Gasteiger charge is 2.41. The highest BCUT2D eigenvalue weighted by Crippen LogP contribution is 2.26. The Morgan fingerprint density at radius 2 is 1.80 bits per heavy atom. The molecule has 1 heterocycles. The minimum atomic E-state index is -0.261. The molecule has 20 heavy (non-hydrogen) atoms. The summed E-state index contributed by atoms with van der Waals surface area (Å²) in [5.41, 5.74) is 0. The Hall–Kier alpha value is -0.900. The summed E-state index contributed by atoms with van der Waals surface area (Å²) >= 11 is 0. The van der Waals surface area contributed by atoms with E-state index in [0.717, 1.165) is 38.6 Å². The van der Waals surface area contributed by atoms with E-state index in [1.807, 2.05) is 0 Å². The van der Waals surface area contributed by atoms with Gasteiger partial charge in [-0.3, -0.25) is 14.5 Å². The minimum Gasteiger partial charge on any atom is -0.305 e. The van der Waals surface area contributed by atoms with Crippen molar-refractivity contribution in [3.8, 4) is 0 Å². The van der Waals surface area contributed by atoms with Gasteiger partial charge < -0.3 is 5.32 Å². The van der Waals surface area contributed by atoms with Crippen LogP contribution >= 0.6 is 0 Å². The van der Waals surface area contributed by atoms with Crippen LogP contribution in [0.3, 0.4) is 0 Å². The summed E-state index contributed by atoms with van der Waals surface area (Å²) in [6, 6.07) is -0.0949. The Labute approximate surface area is 122 Å². The molecule has 2 amide bonds. The van der Waals surface area contributed by atoms with E-state index in [4.69, 9.17) is 0 Å². The third kappa shape index (κ3) is 3.81. The predicted molar refractivity (Wildman–Crippen MR) is 79.3 cm³/mol. The number of carbonyl (C=O) groups is 2. The number of nitrogens with one attached hydrogen (secondary N) is 1. The van der Waals surface area contributed by atoms with Crippen molar-refractivity contribution in [2.45, 2.75) is 83.2 Å². The third-order valence-electron chi connectivity index (χ3n) is 4.54. The van der Waals surface area contributed by atoms with Crippen LogP contribution < -0.4 is 5.32 Å². The molecule has 2 fully saturated rings. The molecule has 4 nitrogen and oxygen atoms in total. The molecule has 2 rings (SSSR count). The first-order valence-corrected chi connectivity index (χ1v) is 8.33. The van der Waals surface area contributed by atoms with Gasteiger partial charge in [0.2, 0.25) is 11.8 Å². The van der Waals surface area contributed by atoms with E-state index in [9.17, 15) is 9.59 Å². The summed E-state index contributed by atoms with van der Waals surface area (Å²) in [7, 11) is 0. The zero-order valence-electron chi connectivity index (χ0n) is 12.7. The van der Waals surface area contributed by atoms with Crippen molar-refractivity contribution < 1.29 is 9.59 Å². The number of rotatable bonds is 6. The van der Waals surface area contributed by atoms with Crippen LogP contribution in [0.25, 0.3) is 0 Å². The molecule has 1 saturated carbocycles. The fraction of sp³-hybridized carbons (Fsp3) is 0.875. The lowest BCUT2D eigenvalue weighted by Crippen LogP contribution is -2.44. The second-order valence-corrected chi connectivity index (χ2v) is 6.17. The number of nitrogens with zero attached hydrogens (tertiary/aromatic N) is 1. The van der Waals surface area contributed by atoms with Crippen molar-refractivity contribution in [1.82, 2.24) is 10.2 Å². The molecule has 2 aliphatic rings. The van der Waals surface area contributed by atoms with Gasteiger partial charge in [0.15, 0.2) is 0 Å². The van der Waals surface area contributed by atoms with Gasteiger partial charge in [0.1, 0.15) is 0 Å². The maximum absolute atomic E-state index is 12.4. The van der Waals surface area contributed by atoms with Crippen molar-refractivity contribution >= 4 is 11.8 Å². The maximum Gasteiger partial charge on any atom is 0.247 e. The monoisotopic (exact) mass is 280 g/mol. The molecule has 114 valence electrons. The third-order valence-corrected chi connectivity index (χ3v) is 4.54. The maximum atomic E-state index is 12.4. The van der Waals surface area contributed by atoms with E-state index in [2.05, 4.69) is 12.2 Å². The first-order chi connectivity index (χ1) is 9.74. The van der Waals surface area contributed by atoms with E-state index in [1.165, 1.54) is 25.7 Å². The molecule has 1 N–H and O–H groups in total. The molecule has 1 aliphatic carbocycles. The van der Waals surface area contributed by atoms with Crippen LogP contribution in [0, 0.1) is 0 Å². The number of carbonyl (C=O) groups excluding carboxylic acids is 2. The minimum absolute atomic E-state index is 0.0263. The van der Waals surface area contributed by atoms with Gasteiger partial charge >= 0.3 is 0 Å². The molecular formula is C16H28N2O2. The summed E-state index contributed by atoms with van der Waals surface area (Å²) < 4.78 is 0. The SMILES string of the molecule is CCCCCNC1CC(=O)N(C2CCCCCC2)C1=O. The van der Waals surface area contributed by atoms with Gasteiger partial charge in [0, 0.05) is 6.04 Å². The molecule has 4 heteroatoms. The zero-order chi connectivity index (χ0) is 14.4. The van der Waals surface area contributed by atoms with E-state index in [-0.39, 0.29) is 23.9 Å². The van der Waals surface area contributed by atoms with Crippen LogP contribution in [-0.4, -0.2) is 35.3 Å². The first kappa shape index (κ1) is 15.5. The number of likely N-dealkylation sites (tertiary alicyclic amines) is 1. The van der Waals surface area contributed by atoms with Gasteiger partial charge in [-0.05, 0) is 25.8 Å². The fourth-order valence-electron chi connectivity index (χ4n) is 3.36. The molecule has 0 bridgehead atoms.